The van der Waals surface area contributed by atoms with E-state index in [0.29, 0.717) is 11.3 Å². The molecule has 2 saturated heterocycles. The number of hydrogen-bond acceptors (Lipinski definition) is 4. The van der Waals surface area contributed by atoms with Gasteiger partial charge in [0.15, 0.2) is 0 Å². The van der Waals surface area contributed by atoms with Crippen LogP contribution in [0.2, 0.25) is 0 Å². The highest BCUT2D eigenvalue weighted by molar-refractivity contribution is 6.25. The van der Waals surface area contributed by atoms with E-state index >= 15 is 0 Å². The Morgan fingerprint density at radius 3 is 2.09 bits per heavy atom. The molecule has 0 aromatic heterocycles. The van der Waals surface area contributed by atoms with E-state index in [-0.39, 0.29) is 5.56 Å². The second kappa shape index (κ2) is 7.94. The van der Waals surface area contributed by atoms with Gasteiger partial charge in [-0.15, -0.1) is 0 Å². The molecule has 7 heteroatoms. The van der Waals surface area contributed by atoms with Crippen molar-refractivity contribution in [2.24, 2.45) is 5.92 Å². The van der Waals surface area contributed by atoms with Crippen LogP contribution < -0.4 is 10.3 Å². The molecule has 2 aliphatic heterocycles. The van der Waals surface area contributed by atoms with E-state index in [1.54, 1.807) is 54.6 Å². The highest BCUT2D eigenvalue weighted by Crippen LogP contribution is 2.42. The van der Waals surface area contributed by atoms with Crippen molar-refractivity contribution in [1.29, 1.82) is 0 Å². The Hall–Kier alpha value is -3.84. The van der Waals surface area contributed by atoms with E-state index in [1.807, 2.05) is 26.0 Å². The van der Waals surface area contributed by atoms with Gasteiger partial charge in [-0.05, 0) is 44.2 Å². The molecule has 2 aliphatic rings. The fourth-order valence-corrected chi connectivity index (χ4v) is 4.54. The van der Waals surface area contributed by atoms with Crippen LogP contribution in [0, 0.1) is 25.6 Å². The first kappa shape index (κ1) is 21.0. The maximum Gasteiger partial charge on any atom is 0.268 e. The van der Waals surface area contributed by atoms with Crippen LogP contribution in [0.15, 0.2) is 72.8 Å². The van der Waals surface area contributed by atoms with Gasteiger partial charge in [-0.25, -0.2) is 14.7 Å². The molecule has 2 fully saturated rings. The summed E-state index contributed by atoms with van der Waals surface area (Å²) < 4.78 is 14.7. The Bertz CT molecular complexity index is 1260. The summed E-state index contributed by atoms with van der Waals surface area (Å²) in [6.07, 6.45) is 0. The van der Waals surface area contributed by atoms with Crippen molar-refractivity contribution in [2.45, 2.75) is 25.9 Å². The molecule has 0 aliphatic carbocycles. The highest BCUT2D eigenvalue weighted by Gasteiger charge is 2.60. The van der Waals surface area contributed by atoms with E-state index in [4.69, 9.17) is 0 Å². The number of benzene rings is 3. The minimum atomic E-state index is -1.09. The number of carbonyl (C=O) groups is 3. The topological polar surface area (TPSA) is 69.7 Å². The van der Waals surface area contributed by atoms with Gasteiger partial charge in [0.1, 0.15) is 11.9 Å². The minimum Gasteiger partial charge on any atom is -0.274 e. The minimum absolute atomic E-state index is 0.235. The zero-order valence-corrected chi connectivity index (χ0v) is 18.2. The van der Waals surface area contributed by atoms with Crippen LogP contribution in [-0.2, 0) is 9.59 Å². The molecule has 0 bridgehead atoms. The number of nitrogens with one attached hydrogen (secondary N) is 1. The maximum atomic E-state index is 14.7. The van der Waals surface area contributed by atoms with Crippen LogP contribution in [0.4, 0.5) is 10.1 Å². The van der Waals surface area contributed by atoms with Gasteiger partial charge in [-0.1, -0.05) is 53.6 Å². The number of imide groups is 1. The first-order valence-corrected chi connectivity index (χ1v) is 10.7. The molecule has 2 heterocycles. The highest BCUT2D eigenvalue weighted by atomic mass is 19.1. The molecule has 0 unspecified atom stereocenters. The number of fused-ring (bicyclic) bond motifs is 1. The largest absolute Gasteiger partial charge is 0.274 e. The van der Waals surface area contributed by atoms with Gasteiger partial charge in [0.25, 0.3) is 11.8 Å². The molecule has 33 heavy (non-hydrogen) atoms. The molecular weight excluding hydrogens is 421 g/mol. The van der Waals surface area contributed by atoms with E-state index in [0.717, 1.165) is 16.0 Å². The quantitative estimate of drug-likeness (QED) is 0.627. The standard InChI is InChI=1S/C26H22FN3O3/c1-15-7-11-17(12-8-15)24(31)30-23-21(22(28-30)19-5-3-4-6-20(19)27)25(32)29(26(23)33)18-13-9-16(2)10-14-18/h3-14,21-23,28H,1-2H3/t21-,22+,23-/m0/s1. The number of rotatable bonds is 3. The Kier molecular flexibility index (Phi) is 5.06. The molecule has 3 aromatic carbocycles. The number of anilines is 1. The predicted octanol–water partition coefficient (Wildman–Crippen LogP) is 3.70. The van der Waals surface area contributed by atoms with Gasteiger partial charge in [-0.2, -0.15) is 0 Å². The predicted molar refractivity (Wildman–Crippen MR) is 121 cm³/mol. The lowest BCUT2D eigenvalue weighted by molar-refractivity contribution is -0.123. The molecule has 1 N–H and O–H groups in total. The molecule has 3 aromatic rings. The molecule has 6 nitrogen and oxygen atoms in total. The van der Waals surface area contributed by atoms with Gasteiger partial charge in [0, 0.05) is 11.1 Å². The average Bonchev–Trinajstić information content (AvgIpc) is 3.32. The third-order valence-electron chi connectivity index (χ3n) is 6.28. The summed E-state index contributed by atoms with van der Waals surface area (Å²) in [6, 6.07) is 18.1. The summed E-state index contributed by atoms with van der Waals surface area (Å²) in [6.45, 7) is 3.82. The van der Waals surface area contributed by atoms with Crippen molar-refractivity contribution in [1.82, 2.24) is 10.4 Å². The number of hydrogen-bond donors (Lipinski definition) is 1. The van der Waals surface area contributed by atoms with Crippen LogP contribution in [0.3, 0.4) is 0 Å². The average molecular weight is 443 g/mol. The number of carbonyl (C=O) groups excluding carboxylic acids is 3. The zero-order valence-electron chi connectivity index (χ0n) is 18.2. The Morgan fingerprint density at radius 2 is 1.45 bits per heavy atom. The third-order valence-corrected chi connectivity index (χ3v) is 6.28. The zero-order chi connectivity index (χ0) is 23.3. The lowest BCUT2D eigenvalue weighted by Crippen LogP contribution is -2.48. The molecule has 0 spiro atoms. The second-order valence-corrected chi connectivity index (χ2v) is 8.49. The lowest BCUT2D eigenvalue weighted by atomic mass is 9.90. The number of halogens is 1. The van der Waals surface area contributed by atoms with Crippen molar-refractivity contribution in [3.05, 3.63) is 101 Å². The summed E-state index contributed by atoms with van der Waals surface area (Å²) >= 11 is 0. The van der Waals surface area contributed by atoms with Crippen LogP contribution in [0.25, 0.3) is 0 Å². The molecule has 3 amide bonds. The van der Waals surface area contributed by atoms with E-state index in [9.17, 15) is 18.8 Å². The van der Waals surface area contributed by atoms with Crippen molar-refractivity contribution in [2.75, 3.05) is 4.90 Å². The smallest absolute Gasteiger partial charge is 0.268 e. The summed E-state index contributed by atoms with van der Waals surface area (Å²) in [5.41, 5.74) is 5.99. The molecule has 5 rings (SSSR count). The molecular formula is C26H22FN3O3. The van der Waals surface area contributed by atoms with Crippen molar-refractivity contribution in [3.63, 3.8) is 0 Å². The Morgan fingerprint density at radius 1 is 0.848 bits per heavy atom. The molecule has 0 saturated carbocycles. The molecule has 0 radical (unpaired) electrons. The monoisotopic (exact) mass is 443 g/mol. The van der Waals surface area contributed by atoms with Gasteiger partial charge in [0.2, 0.25) is 5.91 Å². The van der Waals surface area contributed by atoms with E-state index in [1.165, 1.54) is 11.1 Å². The van der Waals surface area contributed by atoms with Gasteiger partial charge < -0.3 is 0 Å². The van der Waals surface area contributed by atoms with E-state index in [2.05, 4.69) is 5.43 Å². The first-order chi connectivity index (χ1) is 15.9. The van der Waals surface area contributed by atoms with Crippen LogP contribution in [0.5, 0.6) is 0 Å². The number of aryl methyl sites for hydroxylation is 2. The Balaban J connectivity index is 1.59. The fourth-order valence-electron chi connectivity index (χ4n) is 4.54. The van der Waals surface area contributed by atoms with Crippen molar-refractivity contribution >= 4 is 23.4 Å². The number of nitrogens with zero attached hydrogens (tertiary/aromatic N) is 2. The number of amides is 3. The van der Waals surface area contributed by atoms with Gasteiger partial charge in [-0.3, -0.25) is 19.4 Å². The summed E-state index contributed by atoms with van der Waals surface area (Å²) in [5, 5.41) is 1.20. The second-order valence-electron chi connectivity index (χ2n) is 8.49. The third kappa shape index (κ3) is 3.41. The van der Waals surface area contributed by atoms with Crippen LogP contribution in [0.1, 0.15) is 33.1 Å². The summed E-state index contributed by atoms with van der Waals surface area (Å²) in [7, 11) is 0. The van der Waals surface area contributed by atoms with Gasteiger partial charge >= 0.3 is 0 Å². The SMILES string of the molecule is Cc1ccc(C(=O)N2N[C@H](c3ccccc3F)[C@@H]3C(=O)N(c4ccc(C)cc4)C(=O)[C@H]32)cc1. The normalized spacial score (nSPS) is 22.1. The molecule has 3 atom stereocenters. The molecule has 166 valence electrons. The Labute approximate surface area is 190 Å². The van der Waals surface area contributed by atoms with Crippen molar-refractivity contribution in [3.8, 4) is 0 Å². The van der Waals surface area contributed by atoms with Crippen LogP contribution in [-0.4, -0.2) is 28.8 Å². The first-order valence-electron chi connectivity index (χ1n) is 10.7. The fraction of sp³-hybridized carbons (Fsp3) is 0.192. The lowest BCUT2D eigenvalue weighted by Gasteiger charge is -2.25. The number of hydrazine groups is 1. The maximum absolute atomic E-state index is 14.7. The summed E-state index contributed by atoms with van der Waals surface area (Å²) in [4.78, 5) is 41.6. The summed E-state index contributed by atoms with van der Waals surface area (Å²) in [5.74, 6) is -2.89. The van der Waals surface area contributed by atoms with E-state index < -0.39 is 41.5 Å². The van der Waals surface area contributed by atoms with Crippen molar-refractivity contribution < 1.29 is 18.8 Å². The van der Waals surface area contributed by atoms with Crippen LogP contribution >= 0.6 is 0 Å². The van der Waals surface area contributed by atoms with Gasteiger partial charge in [0.05, 0.1) is 17.6 Å².